The molecule has 2 heterocycles. The molecule has 0 N–H and O–H groups in total. The van der Waals surface area contributed by atoms with Gasteiger partial charge in [-0.1, -0.05) is 17.7 Å². The Hall–Kier alpha value is -2.24. The number of aryl methyl sites for hydroxylation is 1. The van der Waals surface area contributed by atoms with Gasteiger partial charge in [-0.15, -0.1) is 0 Å². The average molecular weight is 428 g/mol. The second-order valence-corrected chi connectivity index (χ2v) is 9.05. The molecule has 0 bridgehead atoms. The highest BCUT2D eigenvalue weighted by Gasteiger charge is 2.22. The van der Waals surface area contributed by atoms with Crippen LogP contribution in [0.25, 0.3) is 22.0 Å². The summed E-state index contributed by atoms with van der Waals surface area (Å²) in [6.45, 7) is 8.88. The van der Waals surface area contributed by atoms with Crippen LogP contribution in [0.3, 0.4) is 0 Å². The monoisotopic (exact) mass is 427 g/mol. The summed E-state index contributed by atoms with van der Waals surface area (Å²) in [5.41, 5.74) is 2.05. The van der Waals surface area contributed by atoms with E-state index >= 15 is 0 Å². The van der Waals surface area contributed by atoms with E-state index in [1.807, 2.05) is 0 Å². The molecule has 6 heteroatoms. The summed E-state index contributed by atoms with van der Waals surface area (Å²) in [5.74, 6) is 0.105. The fourth-order valence-electron chi connectivity index (χ4n) is 4.39. The standard InChI is InChI=1S/C24H27ClFN3O/c1-15(2)28-8-4-5-17(12-28)13-29-14-27-22-7-6-18(10-21(22)24(29)30)20-11-19(25)9-16(3)23(20)26/h6-7,9-11,14-15,17H,4-5,8,12-13H2,1-3H3/t17-/m0/s1. The van der Waals surface area contributed by atoms with Crippen LogP contribution in [0.5, 0.6) is 0 Å². The summed E-state index contributed by atoms with van der Waals surface area (Å²) >= 11 is 6.14. The van der Waals surface area contributed by atoms with E-state index in [1.165, 1.54) is 0 Å². The molecule has 0 aliphatic carbocycles. The molecule has 4 nitrogen and oxygen atoms in total. The molecule has 2 aromatic carbocycles. The maximum Gasteiger partial charge on any atom is 0.261 e. The van der Waals surface area contributed by atoms with Crippen LogP contribution in [0, 0.1) is 18.7 Å². The fraction of sp³-hybridized carbons (Fsp3) is 0.417. The summed E-state index contributed by atoms with van der Waals surface area (Å²) < 4.78 is 16.4. The lowest BCUT2D eigenvalue weighted by atomic mass is 9.97. The molecule has 1 fully saturated rings. The number of halogens is 2. The summed E-state index contributed by atoms with van der Waals surface area (Å²) in [6, 6.07) is 9.00. The Morgan fingerprint density at radius 1 is 1.27 bits per heavy atom. The normalized spacial score (nSPS) is 17.7. The smallest absolute Gasteiger partial charge is 0.261 e. The first-order valence-electron chi connectivity index (χ1n) is 10.5. The SMILES string of the molecule is Cc1cc(Cl)cc(-c2ccc3ncn(C[C@H]4CCCN(C(C)C)C4)c(=O)c3c2)c1F. The van der Waals surface area contributed by atoms with E-state index in [2.05, 4.69) is 23.7 Å². The number of aromatic nitrogens is 2. The minimum absolute atomic E-state index is 0.0809. The van der Waals surface area contributed by atoms with Gasteiger partial charge in [0.2, 0.25) is 0 Å². The second-order valence-electron chi connectivity index (χ2n) is 8.62. The van der Waals surface area contributed by atoms with Crippen molar-refractivity contribution >= 4 is 22.5 Å². The lowest BCUT2D eigenvalue weighted by Gasteiger charge is -2.35. The topological polar surface area (TPSA) is 38.1 Å². The number of nitrogens with zero attached hydrogens (tertiary/aromatic N) is 3. The van der Waals surface area contributed by atoms with Crippen molar-refractivity contribution in [2.24, 2.45) is 5.92 Å². The molecule has 1 atom stereocenters. The number of piperidine rings is 1. The molecule has 158 valence electrons. The van der Waals surface area contributed by atoms with E-state index in [1.54, 1.807) is 48.1 Å². The Labute approximate surface area is 181 Å². The molecule has 3 aromatic rings. The molecule has 0 spiro atoms. The van der Waals surface area contributed by atoms with Crippen LogP contribution < -0.4 is 5.56 Å². The Kier molecular flexibility index (Phi) is 5.94. The summed E-state index contributed by atoms with van der Waals surface area (Å²) in [5, 5.41) is 0.975. The first kappa shape index (κ1) is 21.0. The lowest BCUT2D eigenvalue weighted by molar-refractivity contribution is 0.130. The minimum Gasteiger partial charge on any atom is -0.301 e. The van der Waals surface area contributed by atoms with Crippen molar-refractivity contribution in [2.45, 2.75) is 46.2 Å². The van der Waals surface area contributed by atoms with Gasteiger partial charge in [-0.3, -0.25) is 9.36 Å². The molecule has 1 aromatic heterocycles. The van der Waals surface area contributed by atoms with E-state index in [9.17, 15) is 9.18 Å². The van der Waals surface area contributed by atoms with Crippen LogP contribution in [0.1, 0.15) is 32.3 Å². The van der Waals surface area contributed by atoms with Crippen LogP contribution in [0.4, 0.5) is 4.39 Å². The van der Waals surface area contributed by atoms with Crippen LogP contribution in [0.15, 0.2) is 41.5 Å². The maximum absolute atomic E-state index is 14.7. The summed E-state index contributed by atoms with van der Waals surface area (Å²) in [6.07, 6.45) is 3.90. The van der Waals surface area contributed by atoms with Gasteiger partial charge < -0.3 is 4.90 Å². The van der Waals surface area contributed by atoms with Gasteiger partial charge in [0.25, 0.3) is 5.56 Å². The molecule has 0 saturated carbocycles. The Bertz CT molecular complexity index is 1140. The van der Waals surface area contributed by atoms with E-state index < -0.39 is 0 Å². The van der Waals surface area contributed by atoms with Gasteiger partial charge >= 0.3 is 0 Å². The van der Waals surface area contributed by atoms with Gasteiger partial charge in [0.1, 0.15) is 5.82 Å². The maximum atomic E-state index is 14.7. The number of likely N-dealkylation sites (tertiary alicyclic amines) is 1. The Morgan fingerprint density at radius 2 is 2.07 bits per heavy atom. The molecular formula is C24H27ClFN3O. The van der Waals surface area contributed by atoms with Crippen molar-refractivity contribution in [3.63, 3.8) is 0 Å². The van der Waals surface area contributed by atoms with Gasteiger partial charge in [-0.05, 0) is 81.5 Å². The third-order valence-corrected chi connectivity index (χ3v) is 6.31. The minimum atomic E-state index is -0.320. The number of rotatable bonds is 4. The first-order valence-corrected chi connectivity index (χ1v) is 10.9. The van der Waals surface area contributed by atoms with Crippen LogP contribution in [-0.4, -0.2) is 33.6 Å². The molecule has 1 aliphatic rings. The zero-order valence-corrected chi connectivity index (χ0v) is 18.4. The molecule has 0 radical (unpaired) electrons. The molecule has 0 unspecified atom stereocenters. The lowest BCUT2D eigenvalue weighted by Crippen LogP contribution is -2.42. The molecule has 4 rings (SSSR count). The van der Waals surface area contributed by atoms with Crippen molar-refractivity contribution in [3.8, 4) is 11.1 Å². The Morgan fingerprint density at radius 3 is 2.83 bits per heavy atom. The predicted octanol–water partition coefficient (Wildman–Crippen LogP) is 5.28. The van der Waals surface area contributed by atoms with Gasteiger partial charge in [-0.2, -0.15) is 0 Å². The van der Waals surface area contributed by atoms with E-state index in [0.717, 1.165) is 25.9 Å². The van der Waals surface area contributed by atoms with Crippen molar-refractivity contribution in [1.29, 1.82) is 0 Å². The highest BCUT2D eigenvalue weighted by Crippen LogP contribution is 2.30. The fourth-order valence-corrected chi connectivity index (χ4v) is 4.66. The van der Waals surface area contributed by atoms with Crippen molar-refractivity contribution < 1.29 is 4.39 Å². The summed E-state index contributed by atoms with van der Waals surface area (Å²) in [4.78, 5) is 20.2. The van der Waals surface area contributed by atoms with Crippen LogP contribution >= 0.6 is 11.6 Å². The number of hydrogen-bond donors (Lipinski definition) is 0. The molecule has 30 heavy (non-hydrogen) atoms. The van der Waals surface area contributed by atoms with Crippen molar-refractivity contribution in [1.82, 2.24) is 14.5 Å². The number of fused-ring (bicyclic) bond motifs is 1. The molecular weight excluding hydrogens is 401 g/mol. The van der Waals surface area contributed by atoms with Gasteiger partial charge in [-0.25, -0.2) is 9.37 Å². The van der Waals surface area contributed by atoms with Crippen LogP contribution in [-0.2, 0) is 6.54 Å². The number of benzene rings is 2. The third-order valence-electron chi connectivity index (χ3n) is 6.09. The van der Waals surface area contributed by atoms with Crippen LogP contribution in [0.2, 0.25) is 5.02 Å². The van der Waals surface area contributed by atoms with Crippen molar-refractivity contribution in [3.05, 3.63) is 63.4 Å². The highest BCUT2D eigenvalue weighted by molar-refractivity contribution is 6.31. The molecule has 1 saturated heterocycles. The van der Waals surface area contributed by atoms with E-state index in [-0.39, 0.29) is 11.4 Å². The van der Waals surface area contributed by atoms with Gasteiger partial charge in [0.15, 0.2) is 0 Å². The quantitative estimate of drug-likeness (QED) is 0.568. The second kappa shape index (κ2) is 8.48. The van der Waals surface area contributed by atoms with E-state index in [0.29, 0.717) is 51.1 Å². The average Bonchev–Trinajstić information content (AvgIpc) is 2.73. The van der Waals surface area contributed by atoms with Gasteiger partial charge in [0.05, 0.1) is 17.2 Å². The zero-order valence-electron chi connectivity index (χ0n) is 17.7. The largest absolute Gasteiger partial charge is 0.301 e. The molecule has 0 amide bonds. The zero-order chi connectivity index (χ0) is 21.4. The summed E-state index contributed by atoms with van der Waals surface area (Å²) in [7, 11) is 0. The van der Waals surface area contributed by atoms with E-state index in [4.69, 9.17) is 11.6 Å². The van der Waals surface area contributed by atoms with Gasteiger partial charge in [0, 0.05) is 29.7 Å². The van der Waals surface area contributed by atoms with Crippen molar-refractivity contribution in [2.75, 3.05) is 13.1 Å². The first-order chi connectivity index (χ1) is 14.3. The number of hydrogen-bond acceptors (Lipinski definition) is 3. The predicted molar refractivity (Wildman–Crippen MR) is 121 cm³/mol. The Balaban J connectivity index is 1.69. The highest BCUT2D eigenvalue weighted by atomic mass is 35.5. The molecule has 1 aliphatic heterocycles. The third kappa shape index (κ3) is 4.14.